The van der Waals surface area contributed by atoms with E-state index in [1.165, 1.54) is 0 Å². The lowest BCUT2D eigenvalue weighted by molar-refractivity contribution is -0.156. The molecule has 2 rings (SSSR count). The Kier molecular flexibility index (Phi) is 7.39. The average Bonchev–Trinajstić information content (AvgIpc) is 2.99. The Labute approximate surface area is 165 Å². The highest BCUT2D eigenvalue weighted by atomic mass is 35.5. The molecule has 0 saturated carbocycles. The zero-order valence-electron chi connectivity index (χ0n) is 16.6. The molecule has 7 heteroatoms. The van der Waals surface area contributed by atoms with E-state index in [1.54, 1.807) is 24.2 Å². The highest BCUT2D eigenvalue weighted by Crippen LogP contribution is 2.34. The van der Waals surface area contributed by atoms with E-state index in [0.717, 1.165) is 17.7 Å². The quantitative estimate of drug-likeness (QED) is 0.621. The first-order valence-electron chi connectivity index (χ1n) is 9.07. The molecule has 0 aromatic carbocycles. The fourth-order valence-corrected chi connectivity index (χ4v) is 3.24. The molecule has 0 bridgehead atoms. The maximum atomic E-state index is 12.4. The predicted molar refractivity (Wildman–Crippen MR) is 105 cm³/mol. The fourth-order valence-electron chi connectivity index (χ4n) is 2.94. The first-order chi connectivity index (χ1) is 12.7. The largest absolute Gasteiger partial charge is 0.460 e. The van der Waals surface area contributed by atoms with Gasteiger partial charge >= 0.3 is 5.97 Å². The maximum absolute atomic E-state index is 12.4. The van der Waals surface area contributed by atoms with E-state index >= 15 is 0 Å². The molecule has 2 aromatic heterocycles. The molecule has 0 fully saturated rings. The van der Waals surface area contributed by atoms with Crippen molar-refractivity contribution in [3.05, 3.63) is 41.4 Å². The van der Waals surface area contributed by atoms with Crippen molar-refractivity contribution in [2.24, 2.45) is 5.92 Å². The van der Waals surface area contributed by atoms with Crippen LogP contribution in [0.2, 0.25) is 5.15 Å². The smallest absolute Gasteiger partial charge is 0.306 e. The third kappa shape index (κ3) is 6.33. The Morgan fingerprint density at radius 1 is 1.37 bits per heavy atom. The first-order valence-corrected chi connectivity index (χ1v) is 9.45. The lowest BCUT2D eigenvalue weighted by Gasteiger charge is -2.25. The highest BCUT2D eigenvalue weighted by Gasteiger charge is 2.28. The summed E-state index contributed by atoms with van der Waals surface area (Å²) in [5, 5.41) is 4.83. The summed E-state index contributed by atoms with van der Waals surface area (Å²) in [6, 6.07) is 3.76. The van der Waals surface area contributed by atoms with Gasteiger partial charge in [0.15, 0.2) is 5.15 Å². The number of pyridine rings is 1. The molecule has 0 radical (unpaired) electrons. The lowest BCUT2D eigenvalue weighted by Crippen LogP contribution is -2.26. The summed E-state index contributed by atoms with van der Waals surface area (Å²) in [6.07, 6.45) is 6.36. The molecule has 2 heterocycles. The van der Waals surface area contributed by atoms with E-state index < -0.39 is 5.60 Å². The van der Waals surface area contributed by atoms with Gasteiger partial charge in [-0.3, -0.25) is 9.78 Å². The van der Waals surface area contributed by atoms with Gasteiger partial charge in [-0.1, -0.05) is 18.5 Å². The van der Waals surface area contributed by atoms with Gasteiger partial charge in [0.1, 0.15) is 5.60 Å². The SMILES string of the molecule is COCCC(CC(=O)OC(C)(C)C)C(C)c1cn(-c2cccnc2)nc1Cl. The van der Waals surface area contributed by atoms with Crippen LogP contribution in [0.4, 0.5) is 0 Å². The van der Waals surface area contributed by atoms with Crippen molar-refractivity contribution in [3.63, 3.8) is 0 Å². The summed E-state index contributed by atoms with van der Waals surface area (Å²) in [5.41, 5.74) is 1.22. The van der Waals surface area contributed by atoms with Crippen molar-refractivity contribution in [1.29, 1.82) is 0 Å². The van der Waals surface area contributed by atoms with Gasteiger partial charge in [0.05, 0.1) is 11.9 Å². The number of halogens is 1. The minimum atomic E-state index is -0.505. The van der Waals surface area contributed by atoms with Crippen molar-refractivity contribution in [2.75, 3.05) is 13.7 Å². The minimum Gasteiger partial charge on any atom is -0.460 e. The summed E-state index contributed by atoms with van der Waals surface area (Å²) in [4.78, 5) is 16.5. The zero-order chi connectivity index (χ0) is 20.0. The number of hydrogen-bond acceptors (Lipinski definition) is 5. The molecule has 2 aromatic rings. The van der Waals surface area contributed by atoms with Gasteiger partial charge in [-0.2, -0.15) is 5.10 Å². The third-order valence-corrected chi connectivity index (χ3v) is 4.64. The van der Waals surface area contributed by atoms with Crippen LogP contribution in [0.3, 0.4) is 0 Å². The van der Waals surface area contributed by atoms with Crippen LogP contribution in [0.15, 0.2) is 30.7 Å². The van der Waals surface area contributed by atoms with Crippen LogP contribution in [0.1, 0.15) is 52.0 Å². The summed E-state index contributed by atoms with van der Waals surface area (Å²) >= 11 is 6.41. The number of hydrogen-bond donors (Lipinski definition) is 0. The number of esters is 1. The predicted octanol–water partition coefficient (Wildman–Crippen LogP) is 4.41. The van der Waals surface area contributed by atoms with Gasteiger partial charge < -0.3 is 9.47 Å². The van der Waals surface area contributed by atoms with Crippen LogP contribution in [-0.2, 0) is 14.3 Å². The van der Waals surface area contributed by atoms with Crippen LogP contribution >= 0.6 is 11.6 Å². The Bertz CT molecular complexity index is 741. The minimum absolute atomic E-state index is 0.0191. The molecule has 0 amide bonds. The van der Waals surface area contributed by atoms with E-state index in [9.17, 15) is 4.79 Å². The van der Waals surface area contributed by atoms with Crippen molar-refractivity contribution < 1.29 is 14.3 Å². The number of rotatable bonds is 8. The zero-order valence-corrected chi connectivity index (χ0v) is 17.4. The van der Waals surface area contributed by atoms with Gasteiger partial charge in [0, 0.05) is 38.1 Å². The molecule has 0 spiro atoms. The normalized spacial score (nSPS) is 14.0. The van der Waals surface area contributed by atoms with Crippen molar-refractivity contribution in [2.45, 2.75) is 52.1 Å². The molecule has 0 aliphatic heterocycles. The van der Waals surface area contributed by atoms with E-state index in [1.807, 2.05) is 39.1 Å². The molecule has 0 N–H and O–H groups in total. The number of methoxy groups -OCH3 is 1. The standard InChI is InChI=1S/C20H28ClN3O3/c1-14(15(8-10-26-5)11-18(25)27-20(2,3)4)17-13-24(23-19(17)21)16-7-6-9-22-12-16/h6-7,9,12-15H,8,10-11H2,1-5H3. The van der Waals surface area contributed by atoms with E-state index in [0.29, 0.717) is 18.2 Å². The Balaban J connectivity index is 2.20. The Morgan fingerprint density at radius 3 is 2.70 bits per heavy atom. The van der Waals surface area contributed by atoms with Gasteiger partial charge in [-0.05, 0) is 51.2 Å². The second-order valence-corrected chi connectivity index (χ2v) is 8.01. The van der Waals surface area contributed by atoms with Crippen LogP contribution in [0.5, 0.6) is 0 Å². The molecular formula is C20H28ClN3O3. The summed E-state index contributed by atoms with van der Waals surface area (Å²) in [7, 11) is 1.66. The number of aromatic nitrogens is 3. The van der Waals surface area contributed by atoms with Crippen LogP contribution in [0, 0.1) is 5.92 Å². The second kappa shape index (κ2) is 9.33. The van der Waals surface area contributed by atoms with Gasteiger partial charge in [-0.25, -0.2) is 4.68 Å². The molecule has 0 saturated heterocycles. The molecular weight excluding hydrogens is 366 g/mol. The molecule has 0 aliphatic rings. The summed E-state index contributed by atoms with van der Waals surface area (Å²) in [5.74, 6) is -0.166. The molecule has 6 nitrogen and oxygen atoms in total. The number of ether oxygens (including phenoxy) is 2. The van der Waals surface area contributed by atoms with E-state index in [2.05, 4.69) is 17.0 Å². The second-order valence-electron chi connectivity index (χ2n) is 7.65. The number of carbonyl (C=O) groups is 1. The average molecular weight is 394 g/mol. The highest BCUT2D eigenvalue weighted by molar-refractivity contribution is 6.30. The monoisotopic (exact) mass is 393 g/mol. The van der Waals surface area contributed by atoms with Crippen LogP contribution in [-0.4, -0.2) is 40.1 Å². The summed E-state index contributed by atoms with van der Waals surface area (Å²) < 4.78 is 12.4. The van der Waals surface area contributed by atoms with Gasteiger partial charge in [0.25, 0.3) is 0 Å². The molecule has 2 atom stereocenters. The van der Waals surface area contributed by atoms with E-state index in [4.69, 9.17) is 21.1 Å². The lowest BCUT2D eigenvalue weighted by atomic mass is 9.84. The number of carbonyl (C=O) groups excluding carboxylic acids is 1. The molecule has 2 unspecified atom stereocenters. The third-order valence-electron chi connectivity index (χ3n) is 4.34. The first kappa shape index (κ1) is 21.4. The molecule has 27 heavy (non-hydrogen) atoms. The van der Waals surface area contributed by atoms with Crippen LogP contribution < -0.4 is 0 Å². The van der Waals surface area contributed by atoms with Crippen molar-refractivity contribution >= 4 is 17.6 Å². The Morgan fingerprint density at radius 2 is 2.11 bits per heavy atom. The maximum Gasteiger partial charge on any atom is 0.306 e. The topological polar surface area (TPSA) is 66.2 Å². The van der Waals surface area contributed by atoms with Crippen molar-refractivity contribution in [1.82, 2.24) is 14.8 Å². The van der Waals surface area contributed by atoms with Gasteiger partial charge in [-0.15, -0.1) is 0 Å². The van der Waals surface area contributed by atoms with Crippen molar-refractivity contribution in [3.8, 4) is 5.69 Å². The van der Waals surface area contributed by atoms with Crippen LogP contribution in [0.25, 0.3) is 5.69 Å². The molecule has 148 valence electrons. The summed E-state index contributed by atoms with van der Waals surface area (Å²) in [6.45, 7) is 8.22. The Hall–Kier alpha value is -1.92. The van der Waals surface area contributed by atoms with E-state index in [-0.39, 0.29) is 17.8 Å². The molecule has 0 aliphatic carbocycles. The van der Waals surface area contributed by atoms with Gasteiger partial charge in [0.2, 0.25) is 0 Å². The number of nitrogens with zero attached hydrogens (tertiary/aromatic N) is 3. The fraction of sp³-hybridized carbons (Fsp3) is 0.550.